The van der Waals surface area contributed by atoms with Crippen molar-refractivity contribution in [2.45, 2.75) is 30.2 Å². The largest absolute Gasteiger partial charge is 0.347 e. The normalized spacial score (nSPS) is 14.7. The predicted molar refractivity (Wildman–Crippen MR) is 132 cm³/mol. The Hall–Kier alpha value is -2.82. The van der Waals surface area contributed by atoms with E-state index in [4.69, 9.17) is 11.6 Å². The Morgan fingerprint density at radius 2 is 1.86 bits per heavy atom. The molecule has 0 saturated carbocycles. The summed E-state index contributed by atoms with van der Waals surface area (Å²) in [5, 5.41) is 5.42. The third-order valence-electron chi connectivity index (χ3n) is 5.87. The maximum atomic E-state index is 14.1. The van der Waals surface area contributed by atoms with Crippen molar-refractivity contribution in [3.05, 3.63) is 80.5 Å². The summed E-state index contributed by atoms with van der Waals surface area (Å²) in [7, 11) is -3.27. The third-order valence-corrected chi connectivity index (χ3v) is 8.32. The number of nitrogens with one attached hydrogen (secondary N) is 1. The van der Waals surface area contributed by atoms with Crippen LogP contribution in [0.15, 0.2) is 52.7 Å². The lowest BCUT2D eigenvalue weighted by Crippen LogP contribution is -2.38. The molecule has 1 saturated heterocycles. The van der Waals surface area contributed by atoms with Gasteiger partial charge in [-0.2, -0.15) is 0 Å². The van der Waals surface area contributed by atoms with E-state index in [0.29, 0.717) is 31.6 Å². The van der Waals surface area contributed by atoms with E-state index in [-0.39, 0.29) is 33.9 Å². The number of likely N-dealkylation sites (tertiary alicyclic amines) is 1. The number of amides is 2. The molecule has 11 heteroatoms. The molecular formula is C24H23ClFN3O4S2. The van der Waals surface area contributed by atoms with Gasteiger partial charge in [-0.1, -0.05) is 29.8 Å². The molecule has 0 spiro atoms. The first-order valence-corrected chi connectivity index (χ1v) is 14.0. The Kier molecular flexibility index (Phi) is 7.53. The smallest absolute Gasteiger partial charge is 0.271 e. The van der Waals surface area contributed by atoms with Crippen molar-refractivity contribution in [1.82, 2.24) is 15.2 Å². The van der Waals surface area contributed by atoms with E-state index in [9.17, 15) is 22.4 Å². The van der Waals surface area contributed by atoms with Crippen molar-refractivity contribution < 1.29 is 22.4 Å². The maximum Gasteiger partial charge on any atom is 0.271 e. The average molecular weight is 536 g/mol. The van der Waals surface area contributed by atoms with Gasteiger partial charge in [0, 0.05) is 37.2 Å². The molecule has 7 nitrogen and oxygen atoms in total. The van der Waals surface area contributed by atoms with Crippen LogP contribution < -0.4 is 5.32 Å². The number of hydrogen-bond donors (Lipinski definition) is 1. The molecule has 0 atom stereocenters. The summed E-state index contributed by atoms with van der Waals surface area (Å²) in [6.45, 7) is 1.13. The van der Waals surface area contributed by atoms with Crippen molar-refractivity contribution in [2.75, 3.05) is 19.3 Å². The lowest BCUT2D eigenvalue weighted by molar-refractivity contribution is 0.0708. The molecule has 35 heavy (non-hydrogen) atoms. The van der Waals surface area contributed by atoms with Crippen molar-refractivity contribution in [2.24, 2.45) is 0 Å². The molecule has 1 aromatic heterocycles. The predicted octanol–water partition coefficient (Wildman–Crippen LogP) is 4.29. The fourth-order valence-corrected chi connectivity index (χ4v) is 5.74. The van der Waals surface area contributed by atoms with Gasteiger partial charge in [0.05, 0.1) is 20.5 Å². The molecule has 1 aliphatic heterocycles. The zero-order valence-electron chi connectivity index (χ0n) is 18.8. The monoisotopic (exact) mass is 535 g/mol. The summed E-state index contributed by atoms with van der Waals surface area (Å²) in [5.74, 6) is -1.27. The van der Waals surface area contributed by atoms with Crippen LogP contribution in [0.5, 0.6) is 0 Å². The number of benzene rings is 2. The van der Waals surface area contributed by atoms with E-state index in [2.05, 4.69) is 10.3 Å². The van der Waals surface area contributed by atoms with Gasteiger partial charge in [0.1, 0.15) is 11.5 Å². The molecule has 2 aromatic carbocycles. The van der Waals surface area contributed by atoms with E-state index in [1.807, 2.05) is 0 Å². The van der Waals surface area contributed by atoms with Gasteiger partial charge in [0.25, 0.3) is 11.8 Å². The zero-order valence-corrected chi connectivity index (χ0v) is 21.2. The SMILES string of the molecule is CS(=O)(=O)c1ccc(CNC(=O)c2csc(C3CCN(C(=O)c4c(F)cccc4Cl)CC3)n2)cc1. The minimum Gasteiger partial charge on any atom is -0.347 e. The van der Waals surface area contributed by atoms with Gasteiger partial charge in [0.15, 0.2) is 9.84 Å². The van der Waals surface area contributed by atoms with Gasteiger partial charge in [-0.25, -0.2) is 17.8 Å². The first-order chi connectivity index (χ1) is 16.6. The second-order valence-electron chi connectivity index (χ2n) is 8.33. The molecule has 0 bridgehead atoms. The van der Waals surface area contributed by atoms with Gasteiger partial charge >= 0.3 is 0 Å². The topological polar surface area (TPSA) is 96.4 Å². The number of sulfone groups is 1. The van der Waals surface area contributed by atoms with Gasteiger partial charge in [0.2, 0.25) is 0 Å². The van der Waals surface area contributed by atoms with Crippen LogP contribution in [0.2, 0.25) is 5.02 Å². The Morgan fingerprint density at radius 1 is 1.17 bits per heavy atom. The first kappa shape index (κ1) is 25.3. The van der Waals surface area contributed by atoms with E-state index in [1.165, 1.54) is 41.7 Å². The highest BCUT2D eigenvalue weighted by molar-refractivity contribution is 7.90. The fraction of sp³-hybridized carbons (Fsp3) is 0.292. The number of thiazole rings is 1. The van der Waals surface area contributed by atoms with Crippen LogP contribution in [-0.4, -0.2) is 49.5 Å². The molecule has 1 fully saturated rings. The van der Waals surface area contributed by atoms with Crippen LogP contribution >= 0.6 is 22.9 Å². The van der Waals surface area contributed by atoms with Gasteiger partial charge in [-0.05, 0) is 42.7 Å². The Balaban J connectivity index is 1.32. The van der Waals surface area contributed by atoms with Crippen molar-refractivity contribution in [3.8, 4) is 0 Å². The Bertz CT molecular complexity index is 1330. The van der Waals surface area contributed by atoms with Crippen LogP contribution in [0.4, 0.5) is 4.39 Å². The minimum absolute atomic E-state index is 0.0963. The van der Waals surface area contributed by atoms with Gasteiger partial charge in [-0.15, -0.1) is 11.3 Å². The Labute approximate surface area is 211 Å². The summed E-state index contributed by atoms with van der Waals surface area (Å²) in [4.78, 5) is 31.6. The molecule has 4 rings (SSSR count). The number of aromatic nitrogens is 1. The summed E-state index contributed by atoms with van der Waals surface area (Å²) in [6, 6.07) is 10.5. The van der Waals surface area contributed by atoms with E-state index < -0.39 is 21.6 Å². The van der Waals surface area contributed by atoms with Crippen LogP contribution in [-0.2, 0) is 16.4 Å². The lowest BCUT2D eigenvalue weighted by Gasteiger charge is -2.31. The van der Waals surface area contributed by atoms with E-state index in [1.54, 1.807) is 22.4 Å². The summed E-state index contributed by atoms with van der Waals surface area (Å²) < 4.78 is 37.2. The molecule has 0 radical (unpaired) electrons. The molecular weight excluding hydrogens is 513 g/mol. The minimum atomic E-state index is -3.27. The number of halogens is 2. The molecule has 1 N–H and O–H groups in total. The summed E-state index contributed by atoms with van der Waals surface area (Å²) in [5.41, 5.74) is 0.981. The number of carbonyl (C=O) groups excluding carboxylic acids is 2. The van der Waals surface area contributed by atoms with Crippen LogP contribution in [0.1, 0.15) is 50.2 Å². The van der Waals surface area contributed by atoms with Crippen molar-refractivity contribution >= 4 is 44.6 Å². The van der Waals surface area contributed by atoms with Gasteiger partial charge in [-0.3, -0.25) is 9.59 Å². The average Bonchev–Trinajstić information content (AvgIpc) is 3.33. The highest BCUT2D eigenvalue weighted by Gasteiger charge is 2.29. The number of rotatable bonds is 6. The molecule has 3 aromatic rings. The Morgan fingerprint density at radius 3 is 2.49 bits per heavy atom. The van der Waals surface area contributed by atoms with Crippen LogP contribution in [0, 0.1) is 5.82 Å². The fourth-order valence-electron chi connectivity index (χ4n) is 3.90. The van der Waals surface area contributed by atoms with Crippen molar-refractivity contribution in [3.63, 3.8) is 0 Å². The second-order valence-corrected chi connectivity index (χ2v) is 11.6. The number of hydrogen-bond acceptors (Lipinski definition) is 6. The molecule has 1 aliphatic rings. The van der Waals surface area contributed by atoms with Crippen LogP contribution in [0.25, 0.3) is 0 Å². The van der Waals surface area contributed by atoms with E-state index >= 15 is 0 Å². The maximum absolute atomic E-state index is 14.1. The highest BCUT2D eigenvalue weighted by Crippen LogP contribution is 2.32. The third kappa shape index (κ3) is 5.88. The number of piperidine rings is 1. The standard InChI is InChI=1S/C24H23ClFN3O4S2/c1-35(32,33)17-7-5-15(6-8-17)13-27-22(30)20-14-34-23(28-20)16-9-11-29(12-10-16)24(31)21-18(25)3-2-4-19(21)26/h2-8,14,16H,9-13H2,1H3,(H,27,30). The molecule has 2 amide bonds. The van der Waals surface area contributed by atoms with E-state index in [0.717, 1.165) is 16.8 Å². The van der Waals surface area contributed by atoms with Gasteiger partial charge < -0.3 is 10.2 Å². The van der Waals surface area contributed by atoms with Crippen molar-refractivity contribution in [1.29, 1.82) is 0 Å². The summed E-state index contributed by atoms with van der Waals surface area (Å²) in [6.07, 6.45) is 2.45. The highest BCUT2D eigenvalue weighted by atomic mass is 35.5. The molecule has 0 aliphatic carbocycles. The molecule has 0 unspecified atom stereocenters. The quantitative estimate of drug-likeness (QED) is 0.508. The molecule has 2 heterocycles. The first-order valence-electron chi connectivity index (χ1n) is 10.9. The number of carbonyl (C=O) groups is 2. The zero-order chi connectivity index (χ0) is 25.2. The number of nitrogens with zero attached hydrogens (tertiary/aromatic N) is 2. The lowest BCUT2D eigenvalue weighted by atomic mass is 9.97. The van der Waals surface area contributed by atoms with Crippen LogP contribution in [0.3, 0.4) is 0 Å². The molecule has 184 valence electrons. The second kappa shape index (κ2) is 10.4. The summed E-state index contributed by atoms with van der Waals surface area (Å²) >= 11 is 7.43.